The largest absolute Gasteiger partial charge is 0.496 e. The van der Waals surface area contributed by atoms with Crippen molar-refractivity contribution in [2.45, 2.75) is 11.3 Å². The molecule has 6 nitrogen and oxygen atoms in total. The molecular weight excluding hydrogens is 354 g/mol. The number of benzene rings is 2. The standard InChI is InChI=1S/C19H21NO5S/c1-24-16-9-5-3-7-14(16)11-12-20-18(21)13-25-19(22)15-8-4-6-10-17(15)26(2)23/h3-10H,11-13H2,1-2H3,(H,20,21)/t26-/m1/s1. The molecule has 1 atom stereocenters. The van der Waals surface area contributed by atoms with Gasteiger partial charge in [0.05, 0.1) is 28.4 Å². The second-order valence-electron chi connectivity index (χ2n) is 5.44. The van der Waals surface area contributed by atoms with Crippen LogP contribution in [0, 0.1) is 0 Å². The van der Waals surface area contributed by atoms with E-state index in [0.29, 0.717) is 17.9 Å². The van der Waals surface area contributed by atoms with Gasteiger partial charge in [0.15, 0.2) is 6.61 Å². The number of nitrogens with one attached hydrogen (secondary N) is 1. The summed E-state index contributed by atoms with van der Waals surface area (Å²) in [7, 11) is 0.277. The van der Waals surface area contributed by atoms with Gasteiger partial charge in [0.25, 0.3) is 5.91 Å². The average molecular weight is 375 g/mol. The Morgan fingerprint density at radius 2 is 1.77 bits per heavy atom. The number of rotatable bonds is 8. The monoisotopic (exact) mass is 375 g/mol. The molecule has 2 rings (SSSR count). The number of para-hydroxylation sites is 1. The summed E-state index contributed by atoms with van der Waals surface area (Å²) in [5.41, 5.74) is 1.18. The van der Waals surface area contributed by atoms with Crippen LogP contribution in [0.3, 0.4) is 0 Å². The molecule has 0 bridgehead atoms. The maximum absolute atomic E-state index is 12.1. The van der Waals surface area contributed by atoms with Crippen molar-refractivity contribution in [3.05, 3.63) is 59.7 Å². The van der Waals surface area contributed by atoms with E-state index in [2.05, 4.69) is 5.32 Å². The highest BCUT2D eigenvalue weighted by atomic mass is 32.2. The minimum Gasteiger partial charge on any atom is -0.496 e. The summed E-state index contributed by atoms with van der Waals surface area (Å²) in [4.78, 5) is 24.3. The van der Waals surface area contributed by atoms with Gasteiger partial charge in [0, 0.05) is 12.8 Å². The molecule has 0 radical (unpaired) electrons. The van der Waals surface area contributed by atoms with Crippen LogP contribution in [0.1, 0.15) is 15.9 Å². The van der Waals surface area contributed by atoms with Gasteiger partial charge in [0.2, 0.25) is 0 Å². The predicted octanol–water partition coefficient (Wildman–Crippen LogP) is 1.95. The summed E-state index contributed by atoms with van der Waals surface area (Å²) >= 11 is 0. The highest BCUT2D eigenvalue weighted by molar-refractivity contribution is 7.84. The Labute approximate surface area is 155 Å². The second kappa shape index (κ2) is 9.72. The Morgan fingerprint density at radius 1 is 1.08 bits per heavy atom. The van der Waals surface area contributed by atoms with Crippen LogP contribution in [-0.2, 0) is 26.8 Å². The third-order valence-corrected chi connectivity index (χ3v) is 4.64. The molecule has 0 saturated heterocycles. The third-order valence-electron chi connectivity index (χ3n) is 3.66. The molecule has 138 valence electrons. The first-order valence-corrected chi connectivity index (χ1v) is 9.57. The van der Waals surface area contributed by atoms with Crippen molar-refractivity contribution in [3.8, 4) is 5.75 Å². The molecular formula is C19H21NO5S. The molecule has 0 spiro atoms. The molecule has 0 aromatic heterocycles. The van der Waals surface area contributed by atoms with Gasteiger partial charge in [-0.05, 0) is 30.2 Å². The van der Waals surface area contributed by atoms with Crippen LogP contribution < -0.4 is 10.1 Å². The number of methoxy groups -OCH3 is 1. The molecule has 1 amide bonds. The highest BCUT2D eigenvalue weighted by Crippen LogP contribution is 2.17. The molecule has 0 aliphatic carbocycles. The summed E-state index contributed by atoms with van der Waals surface area (Å²) in [6.07, 6.45) is 2.08. The molecule has 0 aliphatic heterocycles. The zero-order valence-corrected chi connectivity index (χ0v) is 15.5. The van der Waals surface area contributed by atoms with Gasteiger partial charge < -0.3 is 14.8 Å². The van der Waals surface area contributed by atoms with Crippen LogP contribution in [0.4, 0.5) is 0 Å². The van der Waals surface area contributed by atoms with Crippen molar-refractivity contribution in [1.29, 1.82) is 0 Å². The molecule has 0 fully saturated rings. The van der Waals surface area contributed by atoms with Crippen molar-refractivity contribution in [2.75, 3.05) is 26.5 Å². The molecule has 2 aromatic carbocycles. The van der Waals surface area contributed by atoms with E-state index in [0.717, 1.165) is 11.3 Å². The Balaban J connectivity index is 1.82. The van der Waals surface area contributed by atoms with Crippen LogP contribution in [0.5, 0.6) is 5.75 Å². The fraction of sp³-hybridized carbons (Fsp3) is 0.263. The average Bonchev–Trinajstić information content (AvgIpc) is 2.66. The third kappa shape index (κ3) is 5.42. The number of esters is 1. The fourth-order valence-corrected chi connectivity index (χ4v) is 3.12. The molecule has 0 aliphatic rings. The van der Waals surface area contributed by atoms with Gasteiger partial charge in [-0.2, -0.15) is 0 Å². The minimum absolute atomic E-state index is 0.204. The van der Waals surface area contributed by atoms with Crippen LogP contribution in [0.25, 0.3) is 0 Å². The van der Waals surface area contributed by atoms with Crippen molar-refractivity contribution >= 4 is 22.7 Å². The van der Waals surface area contributed by atoms with E-state index >= 15 is 0 Å². The summed E-state index contributed by atoms with van der Waals surface area (Å²) in [5, 5.41) is 2.69. The van der Waals surface area contributed by atoms with E-state index in [1.807, 2.05) is 24.3 Å². The number of carbonyl (C=O) groups is 2. The molecule has 26 heavy (non-hydrogen) atoms. The van der Waals surface area contributed by atoms with Gasteiger partial charge >= 0.3 is 5.97 Å². The minimum atomic E-state index is -1.32. The van der Waals surface area contributed by atoms with Crippen molar-refractivity contribution in [2.24, 2.45) is 0 Å². The zero-order chi connectivity index (χ0) is 18.9. The van der Waals surface area contributed by atoms with E-state index in [4.69, 9.17) is 9.47 Å². The Kier molecular flexibility index (Phi) is 7.35. The van der Waals surface area contributed by atoms with Crippen LogP contribution in [0.2, 0.25) is 0 Å². The molecule has 7 heteroatoms. The highest BCUT2D eigenvalue weighted by Gasteiger charge is 2.16. The predicted molar refractivity (Wildman–Crippen MR) is 98.8 cm³/mol. The Morgan fingerprint density at radius 3 is 2.50 bits per heavy atom. The fourth-order valence-electron chi connectivity index (χ4n) is 2.39. The van der Waals surface area contributed by atoms with Crippen molar-refractivity contribution < 1.29 is 23.3 Å². The number of ether oxygens (including phenoxy) is 2. The number of amides is 1. The molecule has 0 saturated carbocycles. The number of hydrogen-bond donors (Lipinski definition) is 1. The van der Waals surface area contributed by atoms with E-state index in [9.17, 15) is 13.8 Å². The lowest BCUT2D eigenvalue weighted by molar-refractivity contribution is -0.124. The van der Waals surface area contributed by atoms with Gasteiger partial charge in [-0.25, -0.2) is 4.79 Å². The van der Waals surface area contributed by atoms with Gasteiger partial charge in [-0.15, -0.1) is 0 Å². The quantitative estimate of drug-likeness (QED) is 0.713. The maximum Gasteiger partial charge on any atom is 0.339 e. The summed E-state index contributed by atoms with van der Waals surface area (Å²) < 4.78 is 21.9. The lowest BCUT2D eigenvalue weighted by Gasteiger charge is -2.10. The smallest absolute Gasteiger partial charge is 0.339 e. The van der Waals surface area contributed by atoms with E-state index in [1.165, 1.54) is 12.3 Å². The first-order chi connectivity index (χ1) is 12.5. The maximum atomic E-state index is 12.1. The SMILES string of the molecule is COc1ccccc1CCNC(=O)COC(=O)c1ccccc1[S@@](C)=O. The number of hydrogen-bond acceptors (Lipinski definition) is 5. The lowest BCUT2D eigenvalue weighted by Crippen LogP contribution is -2.30. The first-order valence-electron chi connectivity index (χ1n) is 8.01. The van der Waals surface area contributed by atoms with Crippen LogP contribution in [0.15, 0.2) is 53.4 Å². The van der Waals surface area contributed by atoms with E-state index in [1.54, 1.807) is 25.3 Å². The zero-order valence-electron chi connectivity index (χ0n) is 14.7. The van der Waals surface area contributed by atoms with Crippen molar-refractivity contribution in [1.82, 2.24) is 5.32 Å². The molecule has 2 aromatic rings. The summed E-state index contributed by atoms with van der Waals surface area (Å²) in [5.74, 6) is -0.309. The lowest BCUT2D eigenvalue weighted by atomic mass is 10.1. The second-order valence-corrected chi connectivity index (χ2v) is 6.79. The van der Waals surface area contributed by atoms with Gasteiger partial charge in [-0.3, -0.25) is 9.00 Å². The van der Waals surface area contributed by atoms with E-state index in [-0.39, 0.29) is 5.56 Å². The van der Waals surface area contributed by atoms with Crippen molar-refractivity contribution in [3.63, 3.8) is 0 Å². The van der Waals surface area contributed by atoms with E-state index < -0.39 is 29.3 Å². The molecule has 0 unspecified atom stereocenters. The molecule has 1 N–H and O–H groups in total. The van der Waals surface area contributed by atoms with Gasteiger partial charge in [-0.1, -0.05) is 30.3 Å². The summed E-state index contributed by atoms with van der Waals surface area (Å²) in [6, 6.07) is 14.0. The topological polar surface area (TPSA) is 81.7 Å². The summed E-state index contributed by atoms with van der Waals surface area (Å²) in [6.45, 7) is 0.00175. The van der Waals surface area contributed by atoms with Gasteiger partial charge in [0.1, 0.15) is 5.75 Å². The van der Waals surface area contributed by atoms with Crippen LogP contribution in [-0.4, -0.2) is 42.6 Å². The molecule has 0 heterocycles. The normalized spacial score (nSPS) is 11.5. The number of carbonyl (C=O) groups excluding carboxylic acids is 2. The Bertz CT molecular complexity index is 806. The van der Waals surface area contributed by atoms with Crippen LogP contribution >= 0.6 is 0 Å². The first kappa shape index (κ1) is 19.7. The Hall–Kier alpha value is -2.67.